The van der Waals surface area contributed by atoms with Gasteiger partial charge in [-0.15, -0.1) is 0 Å². The minimum absolute atomic E-state index is 0.0104. The quantitative estimate of drug-likeness (QED) is 0.638. The number of carbonyl (C=O) groups is 2. The van der Waals surface area contributed by atoms with Gasteiger partial charge in [0, 0.05) is 0 Å². The number of carboxylic acid groups (broad SMARTS) is 1. The van der Waals surface area contributed by atoms with Crippen LogP contribution in [0.2, 0.25) is 0 Å². The minimum atomic E-state index is -0.877. The van der Waals surface area contributed by atoms with Crippen LogP contribution in [0.25, 0.3) is 0 Å². The molecule has 1 unspecified atom stereocenters. The molecule has 1 fully saturated rings. The second-order valence-electron chi connectivity index (χ2n) is 4.96. The van der Waals surface area contributed by atoms with E-state index in [1.165, 1.54) is 0 Å². The zero-order valence-electron chi connectivity index (χ0n) is 9.82. The van der Waals surface area contributed by atoms with E-state index < -0.39 is 17.6 Å². The van der Waals surface area contributed by atoms with Gasteiger partial charge in [-0.25, -0.2) is 0 Å². The number of aliphatic carboxylic acids is 1. The second kappa shape index (κ2) is 4.82. The average molecular weight is 228 g/mol. The van der Waals surface area contributed by atoms with E-state index in [0.29, 0.717) is 0 Å². The van der Waals surface area contributed by atoms with E-state index in [1.807, 2.05) is 13.8 Å². The summed E-state index contributed by atoms with van der Waals surface area (Å²) in [6.45, 7) is 3.74. The number of hydrogen-bond donors (Lipinski definition) is 3. The van der Waals surface area contributed by atoms with E-state index in [-0.39, 0.29) is 18.2 Å². The molecule has 5 nitrogen and oxygen atoms in total. The first-order valence-electron chi connectivity index (χ1n) is 5.66. The van der Waals surface area contributed by atoms with Gasteiger partial charge in [0.2, 0.25) is 5.91 Å². The van der Waals surface area contributed by atoms with Crippen LogP contribution >= 0.6 is 0 Å². The summed E-state index contributed by atoms with van der Waals surface area (Å²) in [6.07, 6.45) is 2.42. The van der Waals surface area contributed by atoms with Gasteiger partial charge in [-0.2, -0.15) is 0 Å². The highest BCUT2D eigenvalue weighted by molar-refractivity contribution is 5.83. The van der Waals surface area contributed by atoms with Crippen molar-refractivity contribution in [1.29, 1.82) is 0 Å². The van der Waals surface area contributed by atoms with Crippen LogP contribution in [-0.2, 0) is 9.59 Å². The van der Waals surface area contributed by atoms with Crippen molar-refractivity contribution in [2.75, 3.05) is 0 Å². The lowest BCUT2D eigenvalue weighted by atomic mass is 9.74. The van der Waals surface area contributed by atoms with Crippen LogP contribution in [0.5, 0.6) is 0 Å². The van der Waals surface area contributed by atoms with Crippen LogP contribution in [0.1, 0.15) is 39.5 Å². The van der Waals surface area contributed by atoms with Gasteiger partial charge in [-0.3, -0.25) is 9.59 Å². The summed E-state index contributed by atoms with van der Waals surface area (Å²) in [5.74, 6) is -1.06. The standard InChI is InChI=1S/C11H20N2O3/c1-7(2)9(12)10(16)13-11(4-3-5-11)6-8(14)15/h7,9H,3-6,12H2,1-2H3,(H,13,16)(H,14,15). The molecule has 4 N–H and O–H groups in total. The van der Waals surface area contributed by atoms with Crippen molar-refractivity contribution < 1.29 is 14.7 Å². The Morgan fingerprint density at radius 1 is 1.44 bits per heavy atom. The maximum atomic E-state index is 11.7. The van der Waals surface area contributed by atoms with Crippen LogP contribution in [-0.4, -0.2) is 28.6 Å². The number of amides is 1. The number of hydrogen-bond acceptors (Lipinski definition) is 3. The van der Waals surface area contributed by atoms with E-state index in [2.05, 4.69) is 5.32 Å². The Balaban J connectivity index is 2.56. The molecular weight excluding hydrogens is 208 g/mol. The predicted molar refractivity (Wildman–Crippen MR) is 59.8 cm³/mol. The molecule has 0 heterocycles. The molecular formula is C11H20N2O3. The fraction of sp³-hybridized carbons (Fsp3) is 0.818. The molecule has 1 aliphatic rings. The first kappa shape index (κ1) is 13.0. The smallest absolute Gasteiger partial charge is 0.305 e. The summed E-state index contributed by atoms with van der Waals surface area (Å²) in [6, 6.07) is -0.564. The second-order valence-corrected chi connectivity index (χ2v) is 4.96. The first-order valence-corrected chi connectivity index (χ1v) is 5.66. The largest absolute Gasteiger partial charge is 0.481 e. The fourth-order valence-electron chi connectivity index (χ4n) is 1.89. The molecule has 0 saturated heterocycles. The van der Waals surface area contributed by atoms with Crippen LogP contribution in [0.15, 0.2) is 0 Å². The molecule has 5 heteroatoms. The zero-order valence-corrected chi connectivity index (χ0v) is 9.82. The molecule has 0 aliphatic heterocycles. The van der Waals surface area contributed by atoms with Gasteiger partial charge in [0.1, 0.15) is 0 Å². The molecule has 0 aromatic rings. The molecule has 92 valence electrons. The molecule has 1 aliphatic carbocycles. The van der Waals surface area contributed by atoms with Crippen molar-refractivity contribution in [3.8, 4) is 0 Å². The van der Waals surface area contributed by atoms with Crippen LogP contribution < -0.4 is 11.1 Å². The topological polar surface area (TPSA) is 92.4 Å². The summed E-state index contributed by atoms with van der Waals surface area (Å²) in [5, 5.41) is 11.6. The zero-order chi connectivity index (χ0) is 12.3. The molecule has 1 amide bonds. The third-order valence-electron chi connectivity index (χ3n) is 3.21. The first-order chi connectivity index (χ1) is 7.36. The monoisotopic (exact) mass is 228 g/mol. The lowest BCUT2D eigenvalue weighted by molar-refractivity contribution is -0.140. The van der Waals surface area contributed by atoms with E-state index >= 15 is 0 Å². The Morgan fingerprint density at radius 3 is 2.31 bits per heavy atom. The van der Waals surface area contributed by atoms with E-state index in [0.717, 1.165) is 19.3 Å². The Bertz CT molecular complexity index is 285. The number of nitrogens with two attached hydrogens (primary N) is 1. The van der Waals surface area contributed by atoms with Gasteiger partial charge < -0.3 is 16.2 Å². The van der Waals surface area contributed by atoms with E-state index in [4.69, 9.17) is 10.8 Å². The van der Waals surface area contributed by atoms with Crippen LogP contribution in [0.3, 0.4) is 0 Å². The van der Waals surface area contributed by atoms with Crippen LogP contribution in [0, 0.1) is 5.92 Å². The van der Waals surface area contributed by atoms with Crippen molar-refractivity contribution in [1.82, 2.24) is 5.32 Å². The number of rotatable bonds is 5. The van der Waals surface area contributed by atoms with Crippen molar-refractivity contribution in [3.05, 3.63) is 0 Å². The average Bonchev–Trinajstić information content (AvgIpc) is 2.11. The Morgan fingerprint density at radius 2 is 2.00 bits per heavy atom. The van der Waals surface area contributed by atoms with Gasteiger partial charge in [-0.1, -0.05) is 13.8 Å². The molecule has 0 bridgehead atoms. The SMILES string of the molecule is CC(C)C(N)C(=O)NC1(CC(=O)O)CCC1. The molecule has 0 aromatic heterocycles. The number of carbonyl (C=O) groups excluding carboxylic acids is 1. The molecule has 0 aromatic carbocycles. The van der Waals surface area contributed by atoms with E-state index in [9.17, 15) is 9.59 Å². The normalized spacial score (nSPS) is 20.0. The van der Waals surface area contributed by atoms with Gasteiger partial charge in [0.05, 0.1) is 18.0 Å². The summed E-state index contributed by atoms with van der Waals surface area (Å²) in [7, 11) is 0. The minimum Gasteiger partial charge on any atom is -0.481 e. The predicted octanol–water partition coefficient (Wildman–Crippen LogP) is 0.483. The molecule has 16 heavy (non-hydrogen) atoms. The fourth-order valence-corrected chi connectivity index (χ4v) is 1.89. The Labute approximate surface area is 95.4 Å². The molecule has 1 atom stereocenters. The lowest BCUT2D eigenvalue weighted by Crippen LogP contribution is -2.59. The van der Waals surface area contributed by atoms with Crippen molar-refractivity contribution in [2.45, 2.75) is 51.1 Å². The third-order valence-corrected chi connectivity index (χ3v) is 3.21. The summed E-state index contributed by atoms with van der Waals surface area (Å²) in [5.41, 5.74) is 5.17. The molecule has 0 spiro atoms. The molecule has 0 radical (unpaired) electrons. The maximum absolute atomic E-state index is 11.7. The van der Waals surface area contributed by atoms with Crippen molar-refractivity contribution >= 4 is 11.9 Å². The summed E-state index contributed by atoms with van der Waals surface area (Å²) >= 11 is 0. The van der Waals surface area contributed by atoms with E-state index in [1.54, 1.807) is 0 Å². The summed E-state index contributed by atoms with van der Waals surface area (Å²) in [4.78, 5) is 22.5. The third kappa shape index (κ3) is 2.95. The van der Waals surface area contributed by atoms with Gasteiger partial charge >= 0.3 is 5.97 Å². The maximum Gasteiger partial charge on any atom is 0.305 e. The van der Waals surface area contributed by atoms with Gasteiger partial charge in [-0.05, 0) is 25.2 Å². The summed E-state index contributed by atoms with van der Waals surface area (Å²) < 4.78 is 0. The van der Waals surface area contributed by atoms with Gasteiger partial charge in [0.25, 0.3) is 0 Å². The highest BCUT2D eigenvalue weighted by atomic mass is 16.4. The van der Waals surface area contributed by atoms with Crippen molar-refractivity contribution in [2.24, 2.45) is 11.7 Å². The lowest BCUT2D eigenvalue weighted by Gasteiger charge is -2.42. The highest BCUT2D eigenvalue weighted by Gasteiger charge is 2.41. The molecule has 1 rings (SSSR count). The Kier molecular flexibility index (Phi) is 3.91. The highest BCUT2D eigenvalue weighted by Crippen LogP contribution is 2.35. The molecule has 1 saturated carbocycles. The van der Waals surface area contributed by atoms with Crippen LogP contribution in [0.4, 0.5) is 0 Å². The van der Waals surface area contributed by atoms with Gasteiger partial charge in [0.15, 0.2) is 0 Å². The Hall–Kier alpha value is -1.10. The van der Waals surface area contributed by atoms with Crippen molar-refractivity contribution in [3.63, 3.8) is 0 Å². The number of nitrogens with one attached hydrogen (secondary N) is 1. The number of carboxylic acids is 1.